The normalized spacial score (nSPS) is 16.2. The largest absolute Gasteiger partial charge is 0.450 e. The maximum absolute atomic E-state index is 13.2. The lowest BCUT2D eigenvalue weighted by Crippen LogP contribution is -2.31. The van der Waals surface area contributed by atoms with E-state index in [1.807, 2.05) is 0 Å². The summed E-state index contributed by atoms with van der Waals surface area (Å²) in [6, 6.07) is 11.2. The monoisotopic (exact) mass is 403 g/mol. The molecule has 27 heavy (non-hydrogen) atoms. The van der Waals surface area contributed by atoms with Crippen LogP contribution in [-0.2, 0) is 0 Å². The molecule has 4 rings (SSSR count). The van der Waals surface area contributed by atoms with Gasteiger partial charge in [-0.25, -0.2) is 0 Å². The molecule has 1 amide bonds. The van der Waals surface area contributed by atoms with Gasteiger partial charge in [0.2, 0.25) is 5.76 Å². The number of carbonyl (C=O) groups is 1. The van der Waals surface area contributed by atoms with Crippen LogP contribution >= 0.6 is 23.2 Å². The molecule has 138 valence electrons. The summed E-state index contributed by atoms with van der Waals surface area (Å²) in [5.41, 5.74) is 1.07. The van der Waals surface area contributed by atoms with Crippen LogP contribution in [0.25, 0.3) is 11.0 Å². The number of halogens is 2. The lowest BCUT2D eigenvalue weighted by Gasteiger charge is -2.25. The molecule has 0 saturated heterocycles. The summed E-state index contributed by atoms with van der Waals surface area (Å²) in [5, 5.41) is 10.4. The molecule has 1 N–H and O–H groups in total. The maximum Gasteiger partial charge on any atom is 0.290 e. The number of hydrogen-bond donors (Lipinski definition) is 1. The SMILES string of the molecule is O=C1c2oc3ccccc3c(=O)c2[C@@H](c2ccc(Cl)c(Cl)c2)N1CCCO. The molecule has 1 aliphatic rings. The number of hydrogen-bond acceptors (Lipinski definition) is 4. The first-order valence-electron chi connectivity index (χ1n) is 8.45. The van der Waals surface area contributed by atoms with Crippen molar-refractivity contribution in [2.24, 2.45) is 0 Å². The number of aliphatic hydroxyl groups is 1. The van der Waals surface area contributed by atoms with Crippen LogP contribution in [0.1, 0.15) is 34.1 Å². The second-order valence-corrected chi connectivity index (χ2v) is 7.14. The van der Waals surface area contributed by atoms with Crippen LogP contribution in [0.5, 0.6) is 0 Å². The fourth-order valence-electron chi connectivity index (χ4n) is 3.47. The van der Waals surface area contributed by atoms with Crippen LogP contribution in [-0.4, -0.2) is 29.1 Å². The number of amides is 1. The fraction of sp³-hybridized carbons (Fsp3) is 0.200. The van der Waals surface area contributed by atoms with Gasteiger partial charge in [0, 0.05) is 13.2 Å². The summed E-state index contributed by atoms with van der Waals surface area (Å²) >= 11 is 12.2. The Morgan fingerprint density at radius 1 is 1.07 bits per heavy atom. The molecule has 1 aromatic heterocycles. The van der Waals surface area contributed by atoms with Crippen molar-refractivity contribution in [3.8, 4) is 0 Å². The zero-order valence-corrected chi connectivity index (χ0v) is 15.6. The Labute approximate surface area is 164 Å². The van der Waals surface area contributed by atoms with Crippen molar-refractivity contribution in [1.29, 1.82) is 0 Å². The molecule has 2 aromatic carbocycles. The van der Waals surface area contributed by atoms with Crippen LogP contribution in [0, 0.1) is 0 Å². The number of nitrogens with zero attached hydrogens (tertiary/aromatic N) is 1. The molecule has 0 saturated carbocycles. The van der Waals surface area contributed by atoms with Crippen molar-refractivity contribution in [1.82, 2.24) is 4.90 Å². The van der Waals surface area contributed by atoms with Crippen molar-refractivity contribution in [2.75, 3.05) is 13.2 Å². The first-order chi connectivity index (χ1) is 13.0. The minimum atomic E-state index is -0.644. The fourth-order valence-corrected chi connectivity index (χ4v) is 3.77. The van der Waals surface area contributed by atoms with E-state index in [1.54, 1.807) is 42.5 Å². The number of benzene rings is 2. The van der Waals surface area contributed by atoms with E-state index in [1.165, 1.54) is 4.90 Å². The van der Waals surface area contributed by atoms with Crippen LogP contribution in [0.4, 0.5) is 0 Å². The first-order valence-corrected chi connectivity index (χ1v) is 9.21. The highest BCUT2D eigenvalue weighted by Gasteiger charge is 2.42. The smallest absolute Gasteiger partial charge is 0.290 e. The zero-order chi connectivity index (χ0) is 19.1. The number of carbonyl (C=O) groups excluding carboxylic acids is 1. The van der Waals surface area contributed by atoms with Gasteiger partial charge in [0.25, 0.3) is 5.91 Å². The third-order valence-electron chi connectivity index (χ3n) is 4.69. The Bertz CT molecular complexity index is 1110. The van der Waals surface area contributed by atoms with Gasteiger partial charge in [-0.1, -0.05) is 41.4 Å². The van der Waals surface area contributed by atoms with Crippen LogP contribution in [0.2, 0.25) is 10.0 Å². The quantitative estimate of drug-likeness (QED) is 0.713. The van der Waals surface area contributed by atoms with Crippen LogP contribution in [0.3, 0.4) is 0 Å². The van der Waals surface area contributed by atoms with Gasteiger partial charge in [-0.15, -0.1) is 0 Å². The molecule has 1 atom stereocenters. The van der Waals surface area contributed by atoms with Gasteiger partial charge in [-0.2, -0.15) is 0 Å². The van der Waals surface area contributed by atoms with Gasteiger partial charge in [0.15, 0.2) is 5.43 Å². The Hall–Kier alpha value is -2.34. The van der Waals surface area contributed by atoms with Crippen molar-refractivity contribution in [3.63, 3.8) is 0 Å². The number of fused-ring (bicyclic) bond motifs is 2. The van der Waals surface area contributed by atoms with E-state index in [-0.39, 0.29) is 35.8 Å². The topological polar surface area (TPSA) is 70.8 Å². The Morgan fingerprint density at radius 3 is 2.59 bits per heavy atom. The van der Waals surface area contributed by atoms with Crippen LogP contribution in [0.15, 0.2) is 51.7 Å². The molecule has 1 aliphatic heterocycles. The van der Waals surface area contributed by atoms with Crippen molar-refractivity contribution >= 4 is 40.1 Å². The summed E-state index contributed by atoms with van der Waals surface area (Å²) in [5.74, 6) is -0.343. The summed E-state index contributed by atoms with van der Waals surface area (Å²) in [7, 11) is 0. The highest BCUT2D eigenvalue weighted by atomic mass is 35.5. The highest BCUT2D eigenvalue weighted by molar-refractivity contribution is 6.42. The second-order valence-electron chi connectivity index (χ2n) is 6.32. The summed E-state index contributed by atoms with van der Waals surface area (Å²) in [4.78, 5) is 27.7. The molecular formula is C20H15Cl2NO4. The van der Waals surface area contributed by atoms with Crippen molar-refractivity contribution in [3.05, 3.63) is 79.6 Å². The van der Waals surface area contributed by atoms with Crippen molar-refractivity contribution < 1.29 is 14.3 Å². The van der Waals surface area contributed by atoms with E-state index >= 15 is 0 Å². The first kappa shape index (κ1) is 18.0. The van der Waals surface area contributed by atoms with E-state index < -0.39 is 6.04 Å². The Balaban J connectivity index is 1.97. The number of aliphatic hydroxyl groups excluding tert-OH is 1. The third kappa shape index (κ3) is 2.92. The van der Waals surface area contributed by atoms with Gasteiger partial charge >= 0.3 is 0 Å². The molecule has 7 heteroatoms. The van der Waals surface area contributed by atoms with E-state index in [2.05, 4.69) is 0 Å². The molecule has 0 bridgehead atoms. The minimum Gasteiger partial charge on any atom is -0.450 e. The van der Waals surface area contributed by atoms with Gasteiger partial charge in [0.1, 0.15) is 5.58 Å². The average Bonchev–Trinajstić information content (AvgIpc) is 2.95. The van der Waals surface area contributed by atoms with E-state index in [9.17, 15) is 14.7 Å². The summed E-state index contributed by atoms with van der Waals surface area (Å²) in [6.07, 6.45) is 0.380. The van der Waals surface area contributed by atoms with Gasteiger partial charge in [-0.05, 0) is 36.2 Å². The second kappa shape index (κ2) is 7.00. The van der Waals surface area contributed by atoms with E-state index in [0.29, 0.717) is 33.0 Å². The van der Waals surface area contributed by atoms with Crippen LogP contribution < -0.4 is 5.43 Å². The molecular weight excluding hydrogens is 389 g/mol. The van der Waals surface area contributed by atoms with Crippen molar-refractivity contribution in [2.45, 2.75) is 12.5 Å². The number of rotatable bonds is 4. The third-order valence-corrected chi connectivity index (χ3v) is 5.43. The molecule has 0 unspecified atom stereocenters. The van der Waals surface area contributed by atoms with E-state index in [0.717, 1.165) is 0 Å². The molecule has 2 heterocycles. The van der Waals surface area contributed by atoms with Gasteiger partial charge in [0.05, 0.1) is 27.0 Å². The zero-order valence-electron chi connectivity index (χ0n) is 14.1. The lowest BCUT2D eigenvalue weighted by atomic mass is 9.98. The maximum atomic E-state index is 13.2. The molecule has 5 nitrogen and oxygen atoms in total. The van der Waals surface area contributed by atoms with Gasteiger partial charge < -0.3 is 14.4 Å². The Kier molecular flexibility index (Phi) is 4.68. The van der Waals surface area contributed by atoms with Gasteiger partial charge in [-0.3, -0.25) is 9.59 Å². The standard InChI is InChI=1S/C20H15Cl2NO4/c21-13-7-6-11(10-14(13)22)17-16-18(25)12-4-1-2-5-15(12)27-19(16)20(26)23(17)8-3-9-24/h1-2,4-7,10,17,24H,3,8-9H2/t17-/m1/s1. The number of para-hydroxylation sites is 1. The Morgan fingerprint density at radius 2 is 1.85 bits per heavy atom. The summed E-state index contributed by atoms with van der Waals surface area (Å²) in [6.45, 7) is 0.206. The molecule has 0 radical (unpaired) electrons. The molecule has 0 aliphatic carbocycles. The molecule has 3 aromatic rings. The average molecular weight is 404 g/mol. The minimum absolute atomic E-state index is 0.0349. The predicted molar refractivity (Wildman–Crippen MR) is 104 cm³/mol. The molecule has 0 spiro atoms. The van der Waals surface area contributed by atoms with E-state index in [4.69, 9.17) is 27.6 Å². The molecule has 0 fully saturated rings. The summed E-state index contributed by atoms with van der Waals surface area (Å²) < 4.78 is 5.80. The highest BCUT2D eigenvalue weighted by Crippen LogP contribution is 2.39. The predicted octanol–water partition coefficient (Wildman–Crippen LogP) is 4.03. The lowest BCUT2D eigenvalue weighted by molar-refractivity contribution is 0.0716.